The number of nitrogens with zero attached hydrogens (tertiary/aromatic N) is 2. The predicted octanol–water partition coefficient (Wildman–Crippen LogP) is 2.38. The Hall–Kier alpha value is -0.740. The molecule has 0 saturated heterocycles. The highest BCUT2D eigenvalue weighted by molar-refractivity contribution is 7.98. The van der Waals surface area contributed by atoms with E-state index in [0.717, 1.165) is 12.4 Å². The second-order valence-corrected chi connectivity index (χ2v) is 5.28. The maximum Gasteiger partial charge on any atom is 0.128 e. The van der Waals surface area contributed by atoms with E-state index in [1.54, 1.807) is 0 Å². The topological polar surface area (TPSA) is 28.2 Å². The molecule has 0 aromatic carbocycles. The lowest BCUT2D eigenvalue weighted by Crippen LogP contribution is -2.30. The summed E-state index contributed by atoms with van der Waals surface area (Å²) in [5.74, 6) is 2.25. The molecule has 0 aliphatic heterocycles. The average Bonchev–Trinajstić information content (AvgIpc) is 2.36. The summed E-state index contributed by atoms with van der Waals surface area (Å²) >= 11 is 1.90. The van der Waals surface area contributed by atoms with Gasteiger partial charge in [-0.1, -0.05) is 6.07 Å². The van der Waals surface area contributed by atoms with Crippen molar-refractivity contribution in [3.63, 3.8) is 0 Å². The molecule has 4 heteroatoms. The summed E-state index contributed by atoms with van der Waals surface area (Å²) < 4.78 is 0. The number of hydrogen-bond donors (Lipinski definition) is 1. The van der Waals surface area contributed by atoms with Gasteiger partial charge in [0.1, 0.15) is 5.82 Å². The molecule has 0 radical (unpaired) electrons. The lowest BCUT2D eigenvalue weighted by Gasteiger charge is -2.25. The van der Waals surface area contributed by atoms with Crippen LogP contribution in [0.3, 0.4) is 0 Å². The molecule has 1 heterocycles. The van der Waals surface area contributed by atoms with Gasteiger partial charge in [-0.3, -0.25) is 0 Å². The smallest absolute Gasteiger partial charge is 0.128 e. The number of pyridine rings is 1. The van der Waals surface area contributed by atoms with Crippen LogP contribution in [0.2, 0.25) is 0 Å². The minimum atomic E-state index is 0.533. The van der Waals surface area contributed by atoms with E-state index in [9.17, 15) is 0 Å². The van der Waals surface area contributed by atoms with E-state index in [-0.39, 0.29) is 0 Å². The summed E-state index contributed by atoms with van der Waals surface area (Å²) in [6.45, 7) is 3.12. The molecule has 0 bridgehead atoms. The zero-order valence-electron chi connectivity index (χ0n) is 11.2. The fourth-order valence-corrected chi connectivity index (χ4v) is 2.22. The number of hydrogen-bond acceptors (Lipinski definition) is 4. The summed E-state index contributed by atoms with van der Waals surface area (Å²) in [6, 6.07) is 4.77. The SMILES string of the molecule is CNCc1ccc(N(C)C(C)CCSC)nc1. The Balaban J connectivity index is 2.58. The number of aromatic nitrogens is 1. The fourth-order valence-electron chi connectivity index (χ4n) is 1.64. The largest absolute Gasteiger partial charge is 0.357 e. The minimum absolute atomic E-state index is 0.533. The standard InChI is InChI=1S/C13H23N3S/c1-11(7-8-17-4)16(3)13-6-5-12(9-14-2)10-15-13/h5-6,10-11,14H,7-9H2,1-4H3. The first-order valence-electron chi connectivity index (χ1n) is 6.00. The van der Waals surface area contributed by atoms with Gasteiger partial charge in [0.25, 0.3) is 0 Å². The van der Waals surface area contributed by atoms with Gasteiger partial charge in [0, 0.05) is 25.8 Å². The van der Waals surface area contributed by atoms with Crippen molar-refractivity contribution in [1.82, 2.24) is 10.3 Å². The molecule has 1 aromatic heterocycles. The molecular weight excluding hydrogens is 230 g/mol. The van der Waals surface area contributed by atoms with Gasteiger partial charge in [0.15, 0.2) is 0 Å². The van der Waals surface area contributed by atoms with Crippen molar-refractivity contribution in [2.24, 2.45) is 0 Å². The number of thioether (sulfide) groups is 1. The van der Waals surface area contributed by atoms with Crippen LogP contribution in [0.5, 0.6) is 0 Å². The van der Waals surface area contributed by atoms with E-state index in [4.69, 9.17) is 0 Å². The highest BCUT2D eigenvalue weighted by Crippen LogP contribution is 2.15. The zero-order chi connectivity index (χ0) is 12.7. The van der Waals surface area contributed by atoms with Crippen LogP contribution in [0.15, 0.2) is 18.3 Å². The molecule has 17 heavy (non-hydrogen) atoms. The molecule has 3 nitrogen and oxygen atoms in total. The van der Waals surface area contributed by atoms with Crippen LogP contribution in [0.1, 0.15) is 18.9 Å². The maximum atomic E-state index is 4.51. The van der Waals surface area contributed by atoms with Crippen molar-refractivity contribution in [2.75, 3.05) is 31.0 Å². The minimum Gasteiger partial charge on any atom is -0.357 e. The summed E-state index contributed by atoms with van der Waals surface area (Å²) in [7, 11) is 4.07. The van der Waals surface area contributed by atoms with Crippen LogP contribution in [0, 0.1) is 0 Å². The second-order valence-electron chi connectivity index (χ2n) is 4.30. The van der Waals surface area contributed by atoms with Gasteiger partial charge in [-0.15, -0.1) is 0 Å². The molecule has 1 atom stereocenters. The Bertz CT molecular complexity index is 313. The van der Waals surface area contributed by atoms with Crippen molar-refractivity contribution in [3.8, 4) is 0 Å². The third-order valence-corrected chi connectivity index (χ3v) is 3.60. The molecule has 0 aliphatic carbocycles. The molecule has 0 fully saturated rings. The molecule has 0 spiro atoms. The van der Waals surface area contributed by atoms with Crippen molar-refractivity contribution in [1.29, 1.82) is 0 Å². The Morgan fingerprint density at radius 3 is 2.76 bits per heavy atom. The van der Waals surface area contributed by atoms with Crippen LogP contribution >= 0.6 is 11.8 Å². The lowest BCUT2D eigenvalue weighted by molar-refractivity contribution is 0.661. The highest BCUT2D eigenvalue weighted by atomic mass is 32.2. The fraction of sp³-hybridized carbons (Fsp3) is 0.615. The monoisotopic (exact) mass is 253 g/mol. The maximum absolute atomic E-state index is 4.51. The van der Waals surface area contributed by atoms with E-state index >= 15 is 0 Å². The van der Waals surface area contributed by atoms with E-state index < -0.39 is 0 Å². The third kappa shape index (κ3) is 4.56. The van der Waals surface area contributed by atoms with Crippen molar-refractivity contribution in [3.05, 3.63) is 23.9 Å². The van der Waals surface area contributed by atoms with Gasteiger partial charge in [0.05, 0.1) is 0 Å². The van der Waals surface area contributed by atoms with Crippen LogP contribution in [0.4, 0.5) is 5.82 Å². The third-order valence-electron chi connectivity index (χ3n) is 2.95. The first kappa shape index (κ1) is 14.3. The molecule has 96 valence electrons. The molecule has 1 unspecified atom stereocenters. The number of nitrogens with one attached hydrogen (secondary N) is 1. The van der Waals surface area contributed by atoms with Crippen LogP contribution < -0.4 is 10.2 Å². The molecule has 1 aromatic rings. The zero-order valence-corrected chi connectivity index (χ0v) is 12.0. The van der Waals surface area contributed by atoms with Gasteiger partial charge < -0.3 is 10.2 Å². The molecule has 0 aliphatic rings. The summed E-state index contributed by atoms with van der Waals surface area (Å²) in [6.07, 6.45) is 5.29. The molecule has 1 rings (SSSR count). The Kier molecular flexibility index (Phi) is 6.37. The van der Waals surface area contributed by atoms with E-state index in [1.165, 1.54) is 17.7 Å². The number of anilines is 1. The molecule has 1 N–H and O–H groups in total. The number of rotatable bonds is 7. The van der Waals surface area contributed by atoms with E-state index in [1.807, 2.05) is 25.0 Å². The van der Waals surface area contributed by atoms with Gasteiger partial charge in [-0.05, 0) is 44.0 Å². The lowest BCUT2D eigenvalue weighted by atomic mass is 10.2. The van der Waals surface area contributed by atoms with E-state index in [0.29, 0.717) is 6.04 Å². The molecule has 0 saturated carbocycles. The van der Waals surface area contributed by atoms with Crippen LogP contribution in [-0.2, 0) is 6.54 Å². The van der Waals surface area contributed by atoms with Gasteiger partial charge in [-0.2, -0.15) is 11.8 Å². The van der Waals surface area contributed by atoms with Gasteiger partial charge in [0.2, 0.25) is 0 Å². The summed E-state index contributed by atoms with van der Waals surface area (Å²) in [4.78, 5) is 6.75. The Labute approximate surface area is 109 Å². The second kappa shape index (κ2) is 7.56. The Morgan fingerprint density at radius 1 is 1.47 bits per heavy atom. The highest BCUT2D eigenvalue weighted by Gasteiger charge is 2.10. The molecule has 0 amide bonds. The predicted molar refractivity (Wildman–Crippen MR) is 77.9 cm³/mol. The first-order valence-corrected chi connectivity index (χ1v) is 7.39. The summed E-state index contributed by atoms with van der Waals surface area (Å²) in [5.41, 5.74) is 1.22. The summed E-state index contributed by atoms with van der Waals surface area (Å²) in [5, 5.41) is 3.13. The van der Waals surface area contributed by atoms with Gasteiger partial charge in [-0.25, -0.2) is 4.98 Å². The van der Waals surface area contributed by atoms with Crippen LogP contribution in [0.25, 0.3) is 0 Å². The normalized spacial score (nSPS) is 12.5. The van der Waals surface area contributed by atoms with Crippen molar-refractivity contribution >= 4 is 17.6 Å². The van der Waals surface area contributed by atoms with Crippen molar-refractivity contribution in [2.45, 2.75) is 25.9 Å². The molecular formula is C13H23N3S. The van der Waals surface area contributed by atoms with Crippen LogP contribution in [-0.4, -0.2) is 37.1 Å². The Morgan fingerprint density at radius 2 is 2.24 bits per heavy atom. The van der Waals surface area contributed by atoms with Crippen molar-refractivity contribution < 1.29 is 0 Å². The first-order chi connectivity index (χ1) is 8.19. The average molecular weight is 253 g/mol. The van der Waals surface area contributed by atoms with Gasteiger partial charge >= 0.3 is 0 Å². The van der Waals surface area contributed by atoms with E-state index in [2.05, 4.69) is 47.6 Å². The quantitative estimate of drug-likeness (QED) is 0.807.